The fourth-order valence-electron chi connectivity index (χ4n) is 3.05. The first kappa shape index (κ1) is 30.6. The van der Waals surface area contributed by atoms with E-state index in [0.29, 0.717) is 31.8 Å². The Morgan fingerprint density at radius 1 is 1.00 bits per heavy atom. The number of carbonyl (C=O) groups is 1. The summed E-state index contributed by atoms with van der Waals surface area (Å²) in [7, 11) is -5.12. The third-order valence-electron chi connectivity index (χ3n) is 6.01. The van der Waals surface area contributed by atoms with Gasteiger partial charge in [0.2, 0.25) is 14.2 Å². The zero-order valence-electron chi connectivity index (χ0n) is 22.5. The van der Waals surface area contributed by atoms with Gasteiger partial charge in [-0.3, -0.25) is 9.36 Å². The predicted octanol–water partition coefficient (Wildman–Crippen LogP) is 7.76. The van der Waals surface area contributed by atoms with Crippen LogP contribution in [0, 0.1) is 0 Å². The number of benzene rings is 1. The summed E-state index contributed by atoms with van der Waals surface area (Å²) in [6, 6.07) is 7.91. The van der Waals surface area contributed by atoms with Gasteiger partial charge >= 0.3 is 7.60 Å². The highest BCUT2D eigenvalue weighted by Crippen LogP contribution is 2.49. The van der Waals surface area contributed by atoms with Gasteiger partial charge in [0.25, 0.3) is 0 Å². The van der Waals surface area contributed by atoms with Crippen LogP contribution in [-0.4, -0.2) is 33.6 Å². The lowest BCUT2D eigenvalue weighted by atomic mass is 10.1. The smallest absolute Gasteiger partial charge is 0.331 e. The van der Waals surface area contributed by atoms with Crippen molar-refractivity contribution in [2.45, 2.75) is 91.8 Å². The molecule has 1 rings (SSSR count). The van der Waals surface area contributed by atoms with E-state index in [2.05, 4.69) is 46.1 Å². The molecular formula is C26H46NO5PSi. The number of carbonyl (C=O) groups excluding carboxylic acids is 1. The first-order valence-corrected chi connectivity index (χ1v) is 17.2. The second kappa shape index (κ2) is 14.2. The summed E-state index contributed by atoms with van der Waals surface area (Å²) in [5, 5.41) is 3.14. The molecule has 8 heteroatoms. The molecule has 0 heterocycles. The van der Waals surface area contributed by atoms with Crippen molar-refractivity contribution in [1.29, 1.82) is 0 Å². The third kappa shape index (κ3) is 10.9. The highest BCUT2D eigenvalue weighted by atomic mass is 31.2. The largest absolute Gasteiger partial charge is 0.544 e. The minimum Gasteiger partial charge on any atom is -0.544 e. The molecule has 0 unspecified atom stereocenters. The van der Waals surface area contributed by atoms with E-state index in [1.54, 1.807) is 13.8 Å². The van der Waals surface area contributed by atoms with Gasteiger partial charge in [-0.2, -0.15) is 0 Å². The quantitative estimate of drug-likeness (QED) is 0.148. The van der Waals surface area contributed by atoms with E-state index in [4.69, 9.17) is 13.5 Å². The van der Waals surface area contributed by atoms with Gasteiger partial charge in [-0.1, -0.05) is 52.7 Å². The molecule has 0 saturated carbocycles. The van der Waals surface area contributed by atoms with Gasteiger partial charge in [0.15, 0.2) is 0 Å². The number of rotatable bonds is 15. The fraction of sp³-hybridized carbons (Fsp3) is 0.654. The zero-order chi connectivity index (χ0) is 25.8. The third-order valence-corrected chi connectivity index (χ3v) is 12.4. The molecule has 1 amide bonds. The Hall–Kier alpha value is -1.40. The van der Waals surface area contributed by atoms with E-state index < -0.39 is 15.9 Å². The van der Waals surface area contributed by atoms with Crippen molar-refractivity contribution in [1.82, 2.24) is 5.32 Å². The van der Waals surface area contributed by atoms with Gasteiger partial charge in [-0.05, 0) is 68.6 Å². The second-order valence-electron chi connectivity index (χ2n) is 10.0. The molecule has 0 aromatic heterocycles. The molecule has 0 aliphatic carbocycles. The highest BCUT2D eigenvalue weighted by Gasteiger charge is 2.38. The number of unbranched alkanes of at least 4 members (excludes halogenated alkanes) is 2. The van der Waals surface area contributed by atoms with E-state index in [9.17, 15) is 9.36 Å². The molecule has 0 aliphatic heterocycles. The number of hydrogen-bond donors (Lipinski definition) is 1. The summed E-state index contributed by atoms with van der Waals surface area (Å²) >= 11 is 0. The van der Waals surface area contributed by atoms with Gasteiger partial charge < -0.3 is 18.8 Å². The molecule has 0 fully saturated rings. The summed E-state index contributed by atoms with van der Waals surface area (Å²) in [5.41, 5.74) is 1.65. The van der Waals surface area contributed by atoms with Crippen LogP contribution < -0.4 is 9.74 Å². The van der Waals surface area contributed by atoms with E-state index in [-0.39, 0.29) is 17.1 Å². The van der Waals surface area contributed by atoms with Crippen LogP contribution in [0.5, 0.6) is 5.75 Å². The Balaban J connectivity index is 3.04. The molecule has 6 nitrogen and oxygen atoms in total. The van der Waals surface area contributed by atoms with Crippen LogP contribution in [0.1, 0.15) is 79.2 Å². The van der Waals surface area contributed by atoms with Crippen LogP contribution in [0.25, 0.3) is 6.08 Å². The first-order valence-electron chi connectivity index (χ1n) is 12.5. The number of allylic oxidation sites excluding steroid dienone is 1. The Morgan fingerprint density at radius 3 is 2.09 bits per heavy atom. The van der Waals surface area contributed by atoms with Gasteiger partial charge in [0.05, 0.1) is 19.4 Å². The standard InChI is InChI=1S/C26H46NO5PSi/c1-9-12-13-14-25(28)27-23(19-20-33(29,30-10-2)31-11-3)21-22-15-17-24(18-16-22)32-34(7,8)26(4,5)6/h15-18,21H,9-14,19-20H2,1-8H3,(H,27,28)/b23-21+. The summed E-state index contributed by atoms with van der Waals surface area (Å²) in [6.07, 6.45) is 5.93. The van der Waals surface area contributed by atoms with Crippen molar-refractivity contribution in [2.24, 2.45) is 0 Å². The Labute approximate surface area is 208 Å². The maximum absolute atomic E-state index is 12.9. The molecule has 34 heavy (non-hydrogen) atoms. The maximum atomic E-state index is 12.9. The Morgan fingerprint density at radius 2 is 1.59 bits per heavy atom. The first-order chi connectivity index (χ1) is 15.9. The predicted molar refractivity (Wildman–Crippen MR) is 145 cm³/mol. The van der Waals surface area contributed by atoms with Crippen LogP contribution >= 0.6 is 7.60 Å². The molecule has 0 aliphatic rings. The van der Waals surface area contributed by atoms with E-state index in [1.165, 1.54) is 0 Å². The van der Waals surface area contributed by atoms with E-state index in [0.717, 1.165) is 30.6 Å². The van der Waals surface area contributed by atoms with Crippen LogP contribution in [-0.2, 0) is 18.4 Å². The monoisotopic (exact) mass is 511 g/mol. The minimum atomic E-state index is -3.20. The van der Waals surface area contributed by atoms with Crippen molar-refractivity contribution < 1.29 is 22.8 Å². The molecule has 0 radical (unpaired) electrons. The molecule has 0 bridgehead atoms. The van der Waals surface area contributed by atoms with Crippen molar-refractivity contribution in [3.8, 4) is 5.75 Å². The normalized spacial score (nSPS) is 13.1. The van der Waals surface area contributed by atoms with Gasteiger partial charge in [-0.25, -0.2) is 0 Å². The van der Waals surface area contributed by atoms with Crippen LogP contribution in [0.3, 0.4) is 0 Å². The molecule has 0 spiro atoms. The average Bonchev–Trinajstić information content (AvgIpc) is 2.73. The fourth-order valence-corrected chi connectivity index (χ4v) is 5.71. The lowest BCUT2D eigenvalue weighted by molar-refractivity contribution is -0.120. The SMILES string of the molecule is CCCCCC(=O)N/C(=C/c1ccc(O[Si](C)(C)C(C)(C)C)cc1)CCP(=O)(OCC)OCC. The van der Waals surface area contributed by atoms with E-state index >= 15 is 0 Å². The second-order valence-corrected chi connectivity index (χ2v) is 16.9. The van der Waals surface area contributed by atoms with Crippen LogP contribution in [0.15, 0.2) is 30.0 Å². The Bertz CT molecular complexity index is 821. The number of amides is 1. The lowest BCUT2D eigenvalue weighted by Gasteiger charge is -2.36. The van der Waals surface area contributed by atoms with Crippen molar-refractivity contribution >= 4 is 27.9 Å². The summed E-state index contributed by atoms with van der Waals surface area (Å²) in [5.74, 6) is 0.825. The van der Waals surface area contributed by atoms with Crippen molar-refractivity contribution in [3.05, 3.63) is 35.5 Å². The summed E-state index contributed by atoms with van der Waals surface area (Å²) < 4.78 is 30.1. The van der Waals surface area contributed by atoms with E-state index in [1.807, 2.05) is 30.3 Å². The topological polar surface area (TPSA) is 73.9 Å². The molecular weight excluding hydrogens is 465 g/mol. The van der Waals surface area contributed by atoms with Crippen LogP contribution in [0.4, 0.5) is 0 Å². The highest BCUT2D eigenvalue weighted by molar-refractivity contribution is 7.53. The van der Waals surface area contributed by atoms with Gasteiger partial charge in [0, 0.05) is 12.1 Å². The van der Waals surface area contributed by atoms with Gasteiger partial charge in [-0.15, -0.1) is 0 Å². The summed E-state index contributed by atoms with van der Waals surface area (Å²) in [4.78, 5) is 12.5. The minimum absolute atomic E-state index is 0.0276. The molecule has 0 saturated heterocycles. The average molecular weight is 512 g/mol. The molecule has 1 N–H and O–H groups in total. The molecule has 0 atom stereocenters. The molecule has 1 aromatic rings. The van der Waals surface area contributed by atoms with Gasteiger partial charge in [0.1, 0.15) is 5.75 Å². The number of hydrogen-bond acceptors (Lipinski definition) is 5. The van der Waals surface area contributed by atoms with Crippen LogP contribution in [0.2, 0.25) is 18.1 Å². The Kier molecular flexibility index (Phi) is 12.8. The van der Waals surface area contributed by atoms with Crippen molar-refractivity contribution in [2.75, 3.05) is 19.4 Å². The number of nitrogens with one attached hydrogen (secondary N) is 1. The summed E-state index contributed by atoms with van der Waals surface area (Å²) in [6.45, 7) is 17.4. The molecule has 1 aromatic carbocycles. The zero-order valence-corrected chi connectivity index (χ0v) is 24.4. The molecule has 194 valence electrons. The van der Waals surface area contributed by atoms with Crippen molar-refractivity contribution in [3.63, 3.8) is 0 Å². The maximum Gasteiger partial charge on any atom is 0.331 e. The lowest BCUT2D eigenvalue weighted by Crippen LogP contribution is -2.43.